The average molecular weight is 762 g/mol. The van der Waals surface area contributed by atoms with Crippen LogP contribution in [-0.2, 0) is 30.5 Å². The Morgan fingerprint density at radius 2 is 1.20 bits per heavy atom. The van der Waals surface area contributed by atoms with Gasteiger partial charge in [-0.25, -0.2) is 4.79 Å². The molecular weight excluding hydrogens is 695 g/mol. The normalized spacial score (nSPS) is 27.3. The molecule has 55 heavy (non-hydrogen) atoms. The maximum absolute atomic E-state index is 10.8. The summed E-state index contributed by atoms with van der Waals surface area (Å²) in [5.41, 5.74) is 4.85. The van der Waals surface area contributed by atoms with E-state index in [-0.39, 0.29) is 49.5 Å². The molecule has 0 radical (unpaired) electrons. The third-order valence-corrected chi connectivity index (χ3v) is 13.3. The van der Waals surface area contributed by atoms with Gasteiger partial charge in [0.2, 0.25) is 0 Å². The number of carboxylic acid groups (broad SMARTS) is 1. The number of fused-ring (bicyclic) bond motifs is 4. The molecule has 9 heteroatoms. The van der Waals surface area contributed by atoms with Crippen molar-refractivity contribution in [3.8, 4) is 17.6 Å². The Kier molecular flexibility index (Phi) is 16.7. The Hall–Kier alpha value is -3.16. The molecule has 0 unspecified atom stereocenters. The second-order valence-electron chi connectivity index (χ2n) is 17.0. The number of ether oxygens (including phenoxy) is 2. The summed E-state index contributed by atoms with van der Waals surface area (Å²) in [6, 6.07) is 14.0. The molecule has 0 spiro atoms. The molecule has 0 heterocycles. The van der Waals surface area contributed by atoms with Gasteiger partial charge in [-0.05, 0) is 147 Å². The molecule has 0 aliphatic heterocycles. The molecule has 2 saturated carbocycles. The van der Waals surface area contributed by atoms with Crippen LogP contribution in [0, 0.1) is 46.8 Å². The molecule has 5 N–H and O–H groups in total. The number of carboxylic acids is 1. The molecule has 304 valence electrons. The van der Waals surface area contributed by atoms with Crippen LogP contribution in [0.2, 0.25) is 0 Å². The molecule has 10 atom stereocenters. The minimum Gasteiger partial charge on any atom is -0.482 e. The smallest absolute Gasteiger partial charge is 0.341 e. The number of aliphatic hydroxyl groups is 4. The zero-order chi connectivity index (χ0) is 39.3. The maximum Gasteiger partial charge on any atom is 0.341 e. The molecule has 9 nitrogen and oxygen atoms in total. The molecule has 0 bridgehead atoms. The Bertz CT molecular complexity index is 1540. The third-order valence-electron chi connectivity index (χ3n) is 13.3. The predicted molar refractivity (Wildman–Crippen MR) is 213 cm³/mol. The maximum atomic E-state index is 10.8. The molecule has 2 aromatic carbocycles. The van der Waals surface area contributed by atoms with Crippen molar-refractivity contribution in [3.63, 3.8) is 0 Å². The van der Waals surface area contributed by atoms with Gasteiger partial charge in [0.15, 0.2) is 13.2 Å². The minimum atomic E-state index is -0.972. The number of nitriles is 1. The predicted octanol–water partition coefficient (Wildman–Crippen LogP) is 7.61. The van der Waals surface area contributed by atoms with E-state index in [0.29, 0.717) is 29.4 Å². The van der Waals surface area contributed by atoms with Crippen molar-refractivity contribution >= 4 is 5.97 Å². The monoisotopic (exact) mass is 761 g/mol. The first kappa shape index (κ1) is 43.0. The van der Waals surface area contributed by atoms with Crippen LogP contribution in [0.15, 0.2) is 36.4 Å². The van der Waals surface area contributed by atoms with Gasteiger partial charge in [-0.1, -0.05) is 76.6 Å². The van der Waals surface area contributed by atoms with Crippen LogP contribution in [0.25, 0.3) is 0 Å². The van der Waals surface area contributed by atoms with Crippen molar-refractivity contribution in [3.05, 3.63) is 58.7 Å². The van der Waals surface area contributed by atoms with E-state index in [1.54, 1.807) is 0 Å². The number of aliphatic carboxylic acids is 1. The number of aliphatic hydroxyl groups excluding tert-OH is 4. The van der Waals surface area contributed by atoms with Crippen molar-refractivity contribution in [1.29, 1.82) is 5.26 Å². The summed E-state index contributed by atoms with van der Waals surface area (Å²) in [5, 5.41) is 59.6. The Labute approximate surface area is 329 Å². The topological polar surface area (TPSA) is 160 Å². The van der Waals surface area contributed by atoms with Gasteiger partial charge < -0.3 is 35.0 Å². The van der Waals surface area contributed by atoms with Crippen LogP contribution in [0.1, 0.15) is 126 Å². The number of hydrogen-bond acceptors (Lipinski definition) is 8. The largest absolute Gasteiger partial charge is 0.482 e. The molecule has 4 aliphatic rings. The van der Waals surface area contributed by atoms with Crippen molar-refractivity contribution in [2.75, 3.05) is 13.2 Å². The number of rotatable bonds is 19. The third kappa shape index (κ3) is 11.7. The van der Waals surface area contributed by atoms with Crippen LogP contribution in [-0.4, -0.2) is 69.1 Å². The molecular formula is C46H67NO8. The first-order chi connectivity index (χ1) is 26.6. The lowest BCUT2D eigenvalue weighted by atomic mass is 9.73. The van der Waals surface area contributed by atoms with E-state index in [9.17, 15) is 25.2 Å². The first-order valence-electron chi connectivity index (χ1n) is 21.4. The second-order valence-corrected chi connectivity index (χ2v) is 17.0. The fourth-order valence-electron chi connectivity index (χ4n) is 10.4. The fourth-order valence-corrected chi connectivity index (χ4v) is 10.4. The van der Waals surface area contributed by atoms with Crippen LogP contribution < -0.4 is 9.47 Å². The van der Waals surface area contributed by atoms with Crippen molar-refractivity contribution < 1.29 is 39.8 Å². The van der Waals surface area contributed by atoms with E-state index in [2.05, 4.69) is 26.0 Å². The van der Waals surface area contributed by atoms with Crippen LogP contribution >= 0.6 is 0 Å². The highest BCUT2D eigenvalue weighted by molar-refractivity contribution is 5.68. The highest BCUT2D eigenvalue weighted by Gasteiger charge is 2.46. The van der Waals surface area contributed by atoms with E-state index in [4.69, 9.17) is 19.8 Å². The number of unbranched alkanes of at least 4 members (excludes halogenated alkanes) is 4. The molecule has 0 saturated heterocycles. The van der Waals surface area contributed by atoms with Crippen molar-refractivity contribution in [2.45, 2.75) is 154 Å². The Morgan fingerprint density at radius 1 is 0.727 bits per heavy atom. The average Bonchev–Trinajstić information content (AvgIpc) is 3.65. The summed E-state index contributed by atoms with van der Waals surface area (Å²) in [7, 11) is 0. The SMILES string of the molecule is CCCCC[C@H](O)CC[C@@H]1[C@H]2Cc3cccc(OCC#N)c3C[C@H]2C[C@H]1O.CCCCC[C@H](O)CC[C@@H]1[C@H]2Cc3cccc(OCC(=O)O)c3C[C@H]2C[C@H]1O. The molecule has 0 amide bonds. The van der Waals surface area contributed by atoms with Gasteiger partial charge in [0.25, 0.3) is 0 Å². The summed E-state index contributed by atoms with van der Waals surface area (Å²) in [4.78, 5) is 10.8. The lowest BCUT2D eigenvalue weighted by Crippen LogP contribution is -2.28. The number of benzene rings is 2. The quantitative estimate of drug-likeness (QED) is 0.0909. The first-order valence-corrected chi connectivity index (χ1v) is 21.4. The second kappa shape index (κ2) is 21.4. The number of nitrogens with zero attached hydrogens (tertiary/aromatic N) is 1. The van der Waals surface area contributed by atoms with Gasteiger partial charge in [-0.2, -0.15) is 5.26 Å². The van der Waals surface area contributed by atoms with E-state index in [0.717, 1.165) is 114 Å². The van der Waals surface area contributed by atoms with Crippen LogP contribution in [0.3, 0.4) is 0 Å². The standard InChI is InChI=1S/C23H33NO3.C23H34O5/c1-2-3-4-7-18(25)9-10-19-20-13-16-6-5-8-23(27-12-11-24)21(16)14-17(20)15-22(19)26;1-2-3-4-7-17(24)9-10-18-19-11-15-6-5-8-22(28-14-23(26)27)20(15)12-16(19)13-21(18)25/h5-6,8,17-20,22,25-26H,2-4,7,9-10,12-15H2,1H3;5-6,8,16-19,21,24-25H,2-4,7,9-14H2,1H3,(H,26,27)/t17-,18-,19+,20-,22+;16-,17-,18+,19-,21+/m00/s1. The van der Waals surface area contributed by atoms with Crippen LogP contribution in [0.5, 0.6) is 11.5 Å². The minimum absolute atomic E-state index is 0.0751. The lowest BCUT2D eigenvalue weighted by Gasteiger charge is -2.32. The molecule has 4 aliphatic carbocycles. The zero-order valence-corrected chi connectivity index (χ0v) is 33.3. The number of carbonyl (C=O) groups is 1. The molecule has 6 rings (SSSR count). The molecule has 2 fully saturated rings. The fraction of sp³-hybridized carbons (Fsp3) is 0.696. The summed E-state index contributed by atoms with van der Waals surface area (Å²) in [5.74, 6) is 2.84. The van der Waals surface area contributed by atoms with Crippen molar-refractivity contribution in [1.82, 2.24) is 0 Å². The van der Waals surface area contributed by atoms with Crippen molar-refractivity contribution in [2.24, 2.45) is 35.5 Å². The lowest BCUT2D eigenvalue weighted by molar-refractivity contribution is -0.139. The highest BCUT2D eigenvalue weighted by atomic mass is 16.5. The summed E-state index contributed by atoms with van der Waals surface area (Å²) in [6.45, 7) is 4.09. The molecule has 2 aromatic rings. The Balaban J connectivity index is 0.000000211. The number of hydrogen-bond donors (Lipinski definition) is 5. The van der Waals surface area contributed by atoms with E-state index in [1.165, 1.54) is 29.5 Å². The van der Waals surface area contributed by atoms with Gasteiger partial charge in [0.05, 0.1) is 24.4 Å². The van der Waals surface area contributed by atoms with Gasteiger partial charge in [-0.3, -0.25) is 0 Å². The van der Waals surface area contributed by atoms with Gasteiger partial charge >= 0.3 is 5.97 Å². The summed E-state index contributed by atoms with van der Waals surface area (Å²) in [6.07, 6.45) is 16.1. The summed E-state index contributed by atoms with van der Waals surface area (Å²) >= 11 is 0. The van der Waals surface area contributed by atoms with E-state index in [1.807, 2.05) is 30.3 Å². The van der Waals surface area contributed by atoms with Gasteiger partial charge in [0.1, 0.15) is 17.6 Å². The zero-order valence-electron chi connectivity index (χ0n) is 33.3. The van der Waals surface area contributed by atoms with E-state index < -0.39 is 5.97 Å². The van der Waals surface area contributed by atoms with Gasteiger partial charge in [0, 0.05) is 0 Å². The van der Waals surface area contributed by atoms with Crippen LogP contribution in [0.4, 0.5) is 0 Å². The Morgan fingerprint density at radius 3 is 1.64 bits per heavy atom. The van der Waals surface area contributed by atoms with Gasteiger partial charge in [-0.15, -0.1) is 0 Å². The van der Waals surface area contributed by atoms with E-state index >= 15 is 0 Å². The highest BCUT2D eigenvalue weighted by Crippen LogP contribution is 2.50. The molecule has 0 aromatic heterocycles. The summed E-state index contributed by atoms with van der Waals surface area (Å²) < 4.78 is 11.1.